The van der Waals surface area contributed by atoms with Gasteiger partial charge in [-0.2, -0.15) is 0 Å². The minimum absolute atomic E-state index is 0.129. The van der Waals surface area contributed by atoms with Crippen molar-refractivity contribution in [2.45, 2.75) is 35.6 Å². The Hall–Kier alpha value is -0.0300. The molecule has 0 bridgehead atoms. The minimum Gasteiger partial charge on any atom is -0.394 e. The maximum Gasteiger partial charge on any atom is 0.0618 e. The minimum atomic E-state index is -0.129. The largest absolute Gasteiger partial charge is 0.394 e. The Morgan fingerprint density at radius 1 is 1.67 bits per heavy atom. The first-order valence-electron chi connectivity index (χ1n) is 5.27. The molecule has 1 unspecified atom stereocenters. The molecule has 84 valence electrons. The highest BCUT2D eigenvalue weighted by molar-refractivity contribution is 8.01. The van der Waals surface area contributed by atoms with Crippen LogP contribution in [0.3, 0.4) is 0 Å². The molecule has 0 amide bonds. The second kappa shape index (κ2) is 4.87. The molecule has 1 aromatic heterocycles. The summed E-state index contributed by atoms with van der Waals surface area (Å²) in [5.41, 5.74) is -0.129. The second-order valence-corrected chi connectivity index (χ2v) is 6.58. The zero-order chi connectivity index (χ0) is 10.7. The van der Waals surface area contributed by atoms with Crippen LogP contribution in [0.15, 0.2) is 21.7 Å². The van der Waals surface area contributed by atoms with Crippen molar-refractivity contribution in [1.29, 1.82) is 0 Å². The van der Waals surface area contributed by atoms with Crippen molar-refractivity contribution in [3.63, 3.8) is 0 Å². The van der Waals surface area contributed by atoms with Gasteiger partial charge in [0, 0.05) is 17.3 Å². The molecule has 0 aromatic carbocycles. The van der Waals surface area contributed by atoms with Gasteiger partial charge in [-0.1, -0.05) is 6.07 Å². The molecule has 1 aliphatic rings. The summed E-state index contributed by atoms with van der Waals surface area (Å²) >= 11 is 3.59. The fourth-order valence-electron chi connectivity index (χ4n) is 1.43. The van der Waals surface area contributed by atoms with Crippen LogP contribution in [0.25, 0.3) is 0 Å². The summed E-state index contributed by atoms with van der Waals surface area (Å²) in [5.74, 6) is 0.931. The Morgan fingerprint density at radius 3 is 3.00 bits per heavy atom. The molecule has 0 radical (unpaired) electrons. The zero-order valence-corrected chi connectivity index (χ0v) is 10.5. The van der Waals surface area contributed by atoms with Gasteiger partial charge < -0.3 is 10.4 Å². The lowest BCUT2D eigenvalue weighted by atomic mass is 10.1. The van der Waals surface area contributed by atoms with Crippen LogP contribution in [0.4, 0.5) is 0 Å². The Balaban J connectivity index is 1.83. The predicted octanol–water partition coefficient (Wildman–Crippen LogP) is 2.34. The van der Waals surface area contributed by atoms with Crippen LogP contribution in [0.5, 0.6) is 0 Å². The number of hydrogen-bond acceptors (Lipinski definition) is 4. The van der Waals surface area contributed by atoms with Crippen LogP contribution in [0.1, 0.15) is 19.8 Å². The number of thioether (sulfide) groups is 1. The summed E-state index contributed by atoms with van der Waals surface area (Å²) in [6, 6.07) is 4.84. The first kappa shape index (κ1) is 11.5. The zero-order valence-electron chi connectivity index (χ0n) is 8.90. The maximum atomic E-state index is 9.42. The summed E-state index contributed by atoms with van der Waals surface area (Å²) in [4.78, 5) is 0. The SMILES string of the molecule is CC(CO)(CSc1cccs1)NC1CC1. The summed E-state index contributed by atoms with van der Waals surface area (Å²) in [6.45, 7) is 2.31. The number of rotatable bonds is 6. The van der Waals surface area contributed by atoms with E-state index in [1.165, 1.54) is 17.1 Å². The van der Waals surface area contributed by atoms with E-state index in [4.69, 9.17) is 0 Å². The standard InChI is InChI=1S/C11H17NOS2/c1-11(7-13,12-9-4-5-9)8-15-10-3-2-6-14-10/h2-3,6,9,12-13H,4-5,7-8H2,1H3. The summed E-state index contributed by atoms with van der Waals surface area (Å²) in [6.07, 6.45) is 2.53. The van der Waals surface area contributed by atoms with Gasteiger partial charge in [0.05, 0.1) is 10.8 Å². The molecule has 0 aliphatic heterocycles. The summed E-state index contributed by atoms with van der Waals surface area (Å²) < 4.78 is 1.33. The van der Waals surface area contributed by atoms with E-state index in [2.05, 4.69) is 29.8 Å². The molecular weight excluding hydrogens is 226 g/mol. The van der Waals surface area contributed by atoms with Crippen LogP contribution >= 0.6 is 23.1 Å². The van der Waals surface area contributed by atoms with Crippen LogP contribution in [-0.4, -0.2) is 29.0 Å². The third kappa shape index (κ3) is 3.48. The molecule has 0 spiro atoms. The van der Waals surface area contributed by atoms with E-state index in [1.54, 1.807) is 11.3 Å². The third-order valence-electron chi connectivity index (χ3n) is 2.51. The molecule has 2 rings (SSSR count). The van der Waals surface area contributed by atoms with Gasteiger partial charge in [-0.15, -0.1) is 23.1 Å². The smallest absolute Gasteiger partial charge is 0.0618 e. The lowest BCUT2D eigenvalue weighted by molar-refractivity contribution is 0.190. The van der Waals surface area contributed by atoms with Gasteiger partial charge in [0.15, 0.2) is 0 Å². The highest BCUT2D eigenvalue weighted by Gasteiger charge is 2.31. The molecule has 1 atom stereocenters. The first-order valence-corrected chi connectivity index (χ1v) is 7.13. The van der Waals surface area contributed by atoms with Crippen LogP contribution in [0.2, 0.25) is 0 Å². The van der Waals surface area contributed by atoms with Crippen molar-refractivity contribution < 1.29 is 5.11 Å². The molecular formula is C11H17NOS2. The first-order chi connectivity index (χ1) is 7.22. The third-order valence-corrected chi connectivity index (χ3v) is 5.01. The van der Waals surface area contributed by atoms with Crippen LogP contribution < -0.4 is 5.32 Å². The highest BCUT2D eigenvalue weighted by Crippen LogP contribution is 2.29. The molecule has 4 heteroatoms. The Morgan fingerprint density at radius 2 is 2.47 bits per heavy atom. The number of hydrogen-bond donors (Lipinski definition) is 2. The Kier molecular flexibility index (Phi) is 3.72. The number of thiophene rings is 1. The van der Waals surface area contributed by atoms with Crippen molar-refractivity contribution in [3.8, 4) is 0 Å². The molecule has 1 aromatic rings. The molecule has 2 N–H and O–H groups in total. The average Bonchev–Trinajstić information content (AvgIpc) is 2.88. The quantitative estimate of drug-likeness (QED) is 0.752. The molecule has 1 aliphatic carbocycles. The normalized spacial score (nSPS) is 20.1. The lowest BCUT2D eigenvalue weighted by Gasteiger charge is -2.28. The monoisotopic (exact) mass is 243 g/mol. The van der Waals surface area contributed by atoms with Crippen molar-refractivity contribution >= 4 is 23.1 Å². The van der Waals surface area contributed by atoms with Gasteiger partial charge in [-0.25, -0.2) is 0 Å². The van der Waals surface area contributed by atoms with Gasteiger partial charge >= 0.3 is 0 Å². The van der Waals surface area contributed by atoms with Crippen LogP contribution in [-0.2, 0) is 0 Å². The molecule has 1 heterocycles. The van der Waals surface area contributed by atoms with Gasteiger partial charge in [0.25, 0.3) is 0 Å². The van der Waals surface area contributed by atoms with E-state index in [0.717, 1.165) is 5.75 Å². The molecule has 1 fully saturated rings. The van der Waals surface area contributed by atoms with Gasteiger partial charge in [-0.05, 0) is 31.2 Å². The summed E-state index contributed by atoms with van der Waals surface area (Å²) in [5, 5.41) is 15.0. The number of aliphatic hydroxyl groups is 1. The maximum absolute atomic E-state index is 9.42. The van der Waals surface area contributed by atoms with E-state index in [0.29, 0.717) is 6.04 Å². The van der Waals surface area contributed by atoms with Crippen molar-refractivity contribution in [2.24, 2.45) is 0 Å². The van der Waals surface area contributed by atoms with Gasteiger partial charge in [0.2, 0.25) is 0 Å². The fourth-order valence-corrected chi connectivity index (χ4v) is 3.30. The fraction of sp³-hybridized carbons (Fsp3) is 0.636. The van der Waals surface area contributed by atoms with E-state index >= 15 is 0 Å². The van der Waals surface area contributed by atoms with Crippen molar-refractivity contribution in [2.75, 3.05) is 12.4 Å². The van der Waals surface area contributed by atoms with Crippen LogP contribution in [0, 0.1) is 0 Å². The van der Waals surface area contributed by atoms with E-state index in [9.17, 15) is 5.11 Å². The summed E-state index contributed by atoms with van der Waals surface area (Å²) in [7, 11) is 0. The van der Waals surface area contributed by atoms with E-state index < -0.39 is 0 Å². The average molecular weight is 243 g/mol. The topological polar surface area (TPSA) is 32.3 Å². The molecule has 0 saturated heterocycles. The van der Waals surface area contributed by atoms with Crippen molar-refractivity contribution in [1.82, 2.24) is 5.32 Å². The molecule has 15 heavy (non-hydrogen) atoms. The predicted molar refractivity (Wildman–Crippen MR) is 66.7 cm³/mol. The number of aliphatic hydroxyl groups excluding tert-OH is 1. The van der Waals surface area contributed by atoms with E-state index in [-0.39, 0.29) is 12.1 Å². The Bertz CT molecular complexity index is 298. The van der Waals surface area contributed by atoms with Crippen molar-refractivity contribution in [3.05, 3.63) is 17.5 Å². The van der Waals surface area contributed by atoms with Gasteiger partial charge in [-0.3, -0.25) is 0 Å². The second-order valence-electron chi connectivity index (χ2n) is 4.36. The van der Waals surface area contributed by atoms with E-state index in [1.807, 2.05) is 11.8 Å². The highest BCUT2D eigenvalue weighted by atomic mass is 32.2. The van der Waals surface area contributed by atoms with Gasteiger partial charge in [0.1, 0.15) is 0 Å². The number of nitrogens with one attached hydrogen (secondary N) is 1. The molecule has 2 nitrogen and oxygen atoms in total. The Labute approximate surface area is 99.1 Å². The lowest BCUT2D eigenvalue weighted by Crippen LogP contribution is -2.49. The molecule has 1 saturated carbocycles.